The quantitative estimate of drug-likeness (QED) is 0.922. The van der Waals surface area contributed by atoms with Crippen LogP contribution in [0.2, 0.25) is 0 Å². The summed E-state index contributed by atoms with van der Waals surface area (Å²) in [5.74, 6) is 0.640. The van der Waals surface area contributed by atoms with Crippen LogP contribution in [0, 0.1) is 0 Å². The minimum absolute atomic E-state index is 0.0482. The Kier molecular flexibility index (Phi) is 4.47. The predicted octanol–water partition coefficient (Wildman–Crippen LogP) is 2.28. The molecule has 1 fully saturated rings. The lowest BCUT2D eigenvalue weighted by molar-refractivity contribution is 0.0853. The molecule has 4 nitrogen and oxygen atoms in total. The molecular formula is C14H19BrN2O2. The maximum atomic E-state index is 12.2. The van der Waals surface area contributed by atoms with E-state index >= 15 is 0 Å². The van der Waals surface area contributed by atoms with Crippen LogP contribution in [0.4, 0.5) is 0 Å². The molecular weight excluding hydrogens is 308 g/mol. The monoisotopic (exact) mass is 326 g/mol. The molecule has 19 heavy (non-hydrogen) atoms. The number of benzene rings is 1. The summed E-state index contributed by atoms with van der Waals surface area (Å²) in [6.07, 6.45) is 2.03. The second-order valence-corrected chi connectivity index (χ2v) is 5.96. The van der Waals surface area contributed by atoms with Crippen molar-refractivity contribution >= 4 is 21.8 Å². The van der Waals surface area contributed by atoms with Gasteiger partial charge in [0.05, 0.1) is 12.7 Å². The highest BCUT2D eigenvalue weighted by Crippen LogP contribution is 2.26. The largest absolute Gasteiger partial charge is 0.497 e. The van der Waals surface area contributed by atoms with Crippen LogP contribution in [0.1, 0.15) is 23.2 Å². The van der Waals surface area contributed by atoms with Crippen molar-refractivity contribution in [3.05, 3.63) is 28.2 Å². The van der Waals surface area contributed by atoms with Crippen LogP contribution in [0.3, 0.4) is 0 Å². The van der Waals surface area contributed by atoms with Crippen molar-refractivity contribution in [2.75, 3.05) is 21.2 Å². The van der Waals surface area contributed by atoms with Gasteiger partial charge in [0, 0.05) is 16.6 Å². The van der Waals surface area contributed by atoms with E-state index in [0.29, 0.717) is 17.4 Å². The average Bonchev–Trinajstić information content (AvgIpc) is 2.33. The molecule has 1 aliphatic carbocycles. The van der Waals surface area contributed by atoms with Crippen molar-refractivity contribution in [1.29, 1.82) is 0 Å². The van der Waals surface area contributed by atoms with Gasteiger partial charge >= 0.3 is 0 Å². The molecule has 1 N–H and O–H groups in total. The molecule has 1 aromatic carbocycles. The molecule has 104 valence electrons. The summed E-state index contributed by atoms with van der Waals surface area (Å²) in [5.41, 5.74) is 0.618. The van der Waals surface area contributed by atoms with E-state index in [2.05, 4.69) is 40.2 Å². The summed E-state index contributed by atoms with van der Waals surface area (Å²) in [5, 5.41) is 3.06. The Bertz CT molecular complexity index is 471. The highest BCUT2D eigenvalue weighted by Gasteiger charge is 2.31. The fraction of sp³-hybridized carbons (Fsp3) is 0.500. The van der Waals surface area contributed by atoms with Crippen molar-refractivity contribution in [2.45, 2.75) is 24.9 Å². The normalized spacial score (nSPS) is 21.9. The second kappa shape index (κ2) is 5.92. The van der Waals surface area contributed by atoms with E-state index in [1.807, 2.05) is 12.1 Å². The number of hydrogen-bond acceptors (Lipinski definition) is 3. The Morgan fingerprint density at radius 3 is 2.68 bits per heavy atom. The van der Waals surface area contributed by atoms with Crippen LogP contribution in [0.15, 0.2) is 22.7 Å². The van der Waals surface area contributed by atoms with Gasteiger partial charge < -0.3 is 15.0 Å². The van der Waals surface area contributed by atoms with Crippen molar-refractivity contribution in [3.8, 4) is 5.75 Å². The molecule has 0 atom stereocenters. The van der Waals surface area contributed by atoms with Gasteiger partial charge in [0.1, 0.15) is 5.75 Å². The molecule has 0 aromatic heterocycles. The number of carbonyl (C=O) groups is 1. The van der Waals surface area contributed by atoms with Crippen LogP contribution < -0.4 is 10.1 Å². The van der Waals surface area contributed by atoms with E-state index in [1.54, 1.807) is 13.2 Å². The SMILES string of the molecule is COc1ccc(Br)c(C(=O)NC2CC(N(C)C)C2)c1. The Hall–Kier alpha value is -1.07. The molecule has 5 heteroatoms. The third-order valence-corrected chi connectivity index (χ3v) is 4.29. The van der Waals surface area contributed by atoms with Crippen molar-refractivity contribution in [1.82, 2.24) is 10.2 Å². The van der Waals surface area contributed by atoms with Gasteiger partial charge in [-0.05, 0) is 61.1 Å². The molecule has 0 spiro atoms. The Balaban J connectivity index is 1.97. The van der Waals surface area contributed by atoms with E-state index in [-0.39, 0.29) is 11.9 Å². The first-order valence-corrected chi connectivity index (χ1v) is 7.11. The second-order valence-electron chi connectivity index (χ2n) is 5.11. The summed E-state index contributed by atoms with van der Waals surface area (Å²) in [6.45, 7) is 0. The highest BCUT2D eigenvalue weighted by molar-refractivity contribution is 9.10. The summed E-state index contributed by atoms with van der Waals surface area (Å²) in [6, 6.07) is 6.27. The van der Waals surface area contributed by atoms with E-state index < -0.39 is 0 Å². The minimum Gasteiger partial charge on any atom is -0.497 e. The van der Waals surface area contributed by atoms with Crippen LogP contribution >= 0.6 is 15.9 Å². The van der Waals surface area contributed by atoms with Gasteiger partial charge in [-0.25, -0.2) is 0 Å². The zero-order chi connectivity index (χ0) is 14.0. The van der Waals surface area contributed by atoms with Gasteiger partial charge in [-0.1, -0.05) is 0 Å². The minimum atomic E-state index is -0.0482. The first-order chi connectivity index (χ1) is 9.01. The van der Waals surface area contributed by atoms with Crippen LogP contribution in [-0.4, -0.2) is 44.1 Å². The first-order valence-electron chi connectivity index (χ1n) is 6.32. The van der Waals surface area contributed by atoms with E-state index in [1.165, 1.54) is 0 Å². The lowest BCUT2D eigenvalue weighted by Gasteiger charge is -2.39. The summed E-state index contributed by atoms with van der Waals surface area (Å²) >= 11 is 3.40. The average molecular weight is 327 g/mol. The van der Waals surface area contributed by atoms with Gasteiger partial charge in [-0.3, -0.25) is 4.79 Å². The smallest absolute Gasteiger partial charge is 0.252 e. The number of nitrogens with one attached hydrogen (secondary N) is 1. The lowest BCUT2D eigenvalue weighted by Crippen LogP contribution is -2.51. The molecule has 0 bridgehead atoms. The van der Waals surface area contributed by atoms with Crippen molar-refractivity contribution in [3.63, 3.8) is 0 Å². The fourth-order valence-corrected chi connectivity index (χ4v) is 2.62. The molecule has 0 unspecified atom stereocenters. The van der Waals surface area contributed by atoms with E-state index in [4.69, 9.17) is 4.74 Å². The zero-order valence-electron chi connectivity index (χ0n) is 11.4. The van der Waals surface area contributed by atoms with E-state index in [0.717, 1.165) is 17.3 Å². The molecule has 0 saturated heterocycles. The number of halogens is 1. The standard InChI is InChI=1S/C14H19BrN2O2/c1-17(2)10-6-9(7-10)16-14(18)12-8-11(19-3)4-5-13(12)15/h4-5,8-10H,6-7H2,1-3H3,(H,16,18). The van der Waals surface area contributed by atoms with Crippen LogP contribution in [0.5, 0.6) is 5.75 Å². The number of rotatable bonds is 4. The summed E-state index contributed by atoms with van der Waals surface area (Å²) in [4.78, 5) is 14.4. The molecule has 1 aromatic rings. The predicted molar refractivity (Wildman–Crippen MR) is 78.7 cm³/mol. The number of nitrogens with zero attached hydrogens (tertiary/aromatic N) is 1. The summed E-state index contributed by atoms with van der Waals surface area (Å²) < 4.78 is 5.93. The molecule has 1 amide bonds. The third-order valence-electron chi connectivity index (χ3n) is 3.60. The van der Waals surface area contributed by atoms with Crippen LogP contribution in [-0.2, 0) is 0 Å². The van der Waals surface area contributed by atoms with Crippen molar-refractivity contribution < 1.29 is 9.53 Å². The third kappa shape index (κ3) is 3.28. The Morgan fingerprint density at radius 1 is 1.42 bits per heavy atom. The Morgan fingerprint density at radius 2 is 2.11 bits per heavy atom. The Labute approximate surface area is 122 Å². The number of hydrogen-bond donors (Lipinski definition) is 1. The molecule has 0 radical (unpaired) electrons. The number of methoxy groups -OCH3 is 1. The van der Waals surface area contributed by atoms with Gasteiger partial charge in [0.15, 0.2) is 0 Å². The maximum Gasteiger partial charge on any atom is 0.252 e. The topological polar surface area (TPSA) is 41.6 Å². The van der Waals surface area contributed by atoms with Gasteiger partial charge in [-0.2, -0.15) is 0 Å². The van der Waals surface area contributed by atoms with Gasteiger partial charge in [-0.15, -0.1) is 0 Å². The zero-order valence-corrected chi connectivity index (χ0v) is 13.0. The molecule has 0 aliphatic heterocycles. The first kappa shape index (κ1) is 14.3. The molecule has 1 aliphatic rings. The molecule has 2 rings (SSSR count). The number of ether oxygens (including phenoxy) is 1. The molecule has 0 heterocycles. The number of amides is 1. The lowest BCUT2D eigenvalue weighted by atomic mass is 9.86. The number of carbonyl (C=O) groups excluding carboxylic acids is 1. The van der Waals surface area contributed by atoms with E-state index in [9.17, 15) is 4.79 Å². The molecule has 1 saturated carbocycles. The van der Waals surface area contributed by atoms with Crippen molar-refractivity contribution in [2.24, 2.45) is 0 Å². The summed E-state index contributed by atoms with van der Waals surface area (Å²) in [7, 11) is 5.74. The highest BCUT2D eigenvalue weighted by atomic mass is 79.9. The van der Waals surface area contributed by atoms with Gasteiger partial charge in [0.25, 0.3) is 5.91 Å². The van der Waals surface area contributed by atoms with Gasteiger partial charge in [0.2, 0.25) is 0 Å². The maximum absolute atomic E-state index is 12.2. The fourth-order valence-electron chi connectivity index (χ4n) is 2.20. The van der Waals surface area contributed by atoms with Crippen LogP contribution in [0.25, 0.3) is 0 Å².